The molecular formula is C11H23BN2O2. The second kappa shape index (κ2) is 7.47. The van der Waals surface area contributed by atoms with Crippen molar-refractivity contribution in [2.45, 2.75) is 52.7 Å². The van der Waals surface area contributed by atoms with Crippen LogP contribution >= 0.6 is 0 Å². The van der Waals surface area contributed by atoms with E-state index in [1.165, 1.54) is 0 Å². The van der Waals surface area contributed by atoms with E-state index in [2.05, 4.69) is 10.2 Å². The molecule has 0 aliphatic carbocycles. The van der Waals surface area contributed by atoms with Gasteiger partial charge in [0.15, 0.2) is 0 Å². The number of aromatic amines is 1. The van der Waals surface area contributed by atoms with Crippen LogP contribution in [0.4, 0.5) is 0 Å². The van der Waals surface area contributed by atoms with Crippen molar-refractivity contribution in [2.75, 3.05) is 0 Å². The highest BCUT2D eigenvalue weighted by Crippen LogP contribution is 2.19. The summed E-state index contributed by atoms with van der Waals surface area (Å²) in [4.78, 5) is 0. The molecule has 0 aliphatic heterocycles. The quantitative estimate of drug-likeness (QED) is 0.619. The zero-order valence-corrected chi connectivity index (χ0v) is 11.1. The largest absolute Gasteiger partial charge is 0.387 e. The molecule has 1 rings (SSSR count). The zero-order valence-electron chi connectivity index (χ0n) is 11.1. The highest BCUT2D eigenvalue weighted by molar-refractivity contribution is 6.30. The monoisotopic (exact) mass is 226 g/mol. The fraction of sp³-hybridized carbons (Fsp3) is 0.727. The Morgan fingerprint density at radius 2 is 1.50 bits per heavy atom. The first-order valence-corrected chi connectivity index (χ1v) is 5.34. The molecule has 1 heterocycles. The van der Waals surface area contributed by atoms with Gasteiger partial charge >= 0.3 is 0 Å². The minimum atomic E-state index is -1.01. The molecule has 0 saturated carbocycles. The summed E-state index contributed by atoms with van der Waals surface area (Å²) in [7, 11) is 5.16. The number of nitrogens with one attached hydrogen (secondary N) is 1. The normalized spacial score (nSPS) is 10.8. The minimum Gasteiger partial charge on any atom is -0.387 e. The Kier molecular flexibility index (Phi) is 8.20. The smallest absolute Gasteiger partial charge is 0.140 e. The van der Waals surface area contributed by atoms with Gasteiger partial charge in [-0.2, -0.15) is 5.10 Å². The summed E-state index contributed by atoms with van der Waals surface area (Å²) in [5.74, 6) is 0. The van der Waals surface area contributed by atoms with Crippen molar-refractivity contribution in [1.82, 2.24) is 10.2 Å². The van der Waals surface area contributed by atoms with Gasteiger partial charge in [0.1, 0.15) is 7.85 Å². The number of H-pyrrole nitrogens is 1. The fourth-order valence-corrected chi connectivity index (χ4v) is 0.267. The summed E-state index contributed by atoms with van der Waals surface area (Å²) in [6.07, 6.45) is 1.61. The second-order valence-corrected chi connectivity index (χ2v) is 4.13. The van der Waals surface area contributed by atoms with Crippen LogP contribution in [0.15, 0.2) is 12.3 Å². The molecular weight excluding hydrogens is 203 g/mol. The summed E-state index contributed by atoms with van der Waals surface area (Å²) in [5, 5.41) is 24.3. The first-order chi connectivity index (χ1) is 7.14. The summed E-state index contributed by atoms with van der Waals surface area (Å²) < 4.78 is 0. The molecule has 3 N–H and O–H groups in total. The van der Waals surface area contributed by atoms with Crippen LogP contribution < -0.4 is 5.59 Å². The number of hydrogen-bond acceptors (Lipinski definition) is 3. The number of aliphatic hydroxyl groups is 2. The van der Waals surface area contributed by atoms with Crippen LogP contribution in [0.1, 0.15) is 41.5 Å². The molecule has 0 spiro atoms. The van der Waals surface area contributed by atoms with Crippen LogP contribution in [0.2, 0.25) is 0 Å². The number of aromatic nitrogens is 2. The van der Waals surface area contributed by atoms with E-state index in [1.807, 2.05) is 13.8 Å². The molecule has 0 aromatic carbocycles. The average molecular weight is 226 g/mol. The van der Waals surface area contributed by atoms with E-state index < -0.39 is 11.2 Å². The van der Waals surface area contributed by atoms with Crippen molar-refractivity contribution < 1.29 is 10.2 Å². The van der Waals surface area contributed by atoms with E-state index in [9.17, 15) is 0 Å². The van der Waals surface area contributed by atoms with Crippen molar-refractivity contribution in [3.05, 3.63) is 12.3 Å². The fourth-order valence-electron chi connectivity index (χ4n) is 0.267. The molecule has 0 atom stereocenters. The minimum absolute atomic E-state index is 0.606. The topological polar surface area (TPSA) is 69.1 Å². The molecule has 16 heavy (non-hydrogen) atoms. The molecule has 92 valence electrons. The third-order valence-electron chi connectivity index (χ3n) is 2.02. The van der Waals surface area contributed by atoms with Gasteiger partial charge in [0.05, 0.1) is 11.2 Å². The Labute approximate surface area is 99.5 Å². The molecule has 0 amide bonds. The van der Waals surface area contributed by atoms with Gasteiger partial charge in [0, 0.05) is 6.20 Å². The van der Waals surface area contributed by atoms with Crippen LogP contribution in [-0.4, -0.2) is 39.5 Å². The van der Waals surface area contributed by atoms with Gasteiger partial charge in [0.2, 0.25) is 0 Å². The van der Waals surface area contributed by atoms with Gasteiger partial charge in [0.25, 0.3) is 0 Å². The highest BCUT2D eigenvalue weighted by atomic mass is 16.3. The Morgan fingerprint density at radius 1 is 1.12 bits per heavy atom. The summed E-state index contributed by atoms with van der Waals surface area (Å²) in [5.41, 5.74) is -1.41. The number of rotatable bonds is 1. The van der Waals surface area contributed by atoms with E-state index in [-0.39, 0.29) is 0 Å². The molecule has 2 radical (unpaired) electrons. The van der Waals surface area contributed by atoms with Gasteiger partial charge in [-0.15, -0.1) is 0 Å². The lowest BCUT2D eigenvalue weighted by molar-refractivity contribution is -0.107. The average Bonchev–Trinajstić information content (AvgIpc) is 2.57. The van der Waals surface area contributed by atoms with E-state index in [4.69, 9.17) is 18.1 Å². The number of hydrogen-bond donors (Lipinski definition) is 3. The lowest BCUT2D eigenvalue weighted by atomic mass is 9.90. The maximum atomic E-state index is 9.10. The van der Waals surface area contributed by atoms with Crippen LogP contribution in [0, 0.1) is 0 Å². The molecule has 0 saturated heterocycles. The second-order valence-electron chi connectivity index (χ2n) is 4.13. The van der Waals surface area contributed by atoms with Crippen molar-refractivity contribution in [1.29, 1.82) is 0 Å². The van der Waals surface area contributed by atoms with Crippen molar-refractivity contribution in [3.63, 3.8) is 0 Å². The van der Waals surface area contributed by atoms with Crippen LogP contribution in [-0.2, 0) is 0 Å². The first kappa shape index (κ1) is 17.6. The van der Waals surface area contributed by atoms with Crippen molar-refractivity contribution >= 4 is 13.4 Å². The maximum Gasteiger partial charge on any atom is 0.140 e. The van der Waals surface area contributed by atoms with Crippen LogP contribution in [0.5, 0.6) is 0 Å². The van der Waals surface area contributed by atoms with Crippen LogP contribution in [0.25, 0.3) is 0 Å². The Hall–Kier alpha value is -0.805. The Balaban J connectivity index is 0. The highest BCUT2D eigenvalue weighted by Gasteiger charge is 2.31. The third kappa shape index (κ3) is 8.50. The van der Waals surface area contributed by atoms with Crippen LogP contribution in [0.3, 0.4) is 0 Å². The third-order valence-corrected chi connectivity index (χ3v) is 2.02. The Morgan fingerprint density at radius 3 is 1.56 bits per heavy atom. The molecule has 0 aliphatic rings. The lowest BCUT2D eigenvalue weighted by Crippen LogP contribution is -2.44. The van der Waals surface area contributed by atoms with E-state index in [0.717, 1.165) is 0 Å². The molecule has 0 bridgehead atoms. The van der Waals surface area contributed by atoms with Gasteiger partial charge in [-0.25, -0.2) is 0 Å². The Bertz CT molecular complexity index is 236. The predicted molar refractivity (Wildman–Crippen MR) is 67.9 cm³/mol. The van der Waals surface area contributed by atoms with E-state index in [0.29, 0.717) is 5.59 Å². The molecule has 4 nitrogen and oxygen atoms in total. The molecule has 1 aromatic rings. The maximum absolute atomic E-state index is 9.10. The summed E-state index contributed by atoms with van der Waals surface area (Å²) in [6.45, 7) is 10.3. The van der Waals surface area contributed by atoms with E-state index in [1.54, 1.807) is 40.0 Å². The van der Waals surface area contributed by atoms with Gasteiger partial charge in [-0.1, -0.05) is 13.8 Å². The van der Waals surface area contributed by atoms with Gasteiger partial charge < -0.3 is 10.2 Å². The summed E-state index contributed by atoms with van der Waals surface area (Å²) in [6, 6.07) is 1.69. The number of nitrogens with zero attached hydrogens (tertiary/aromatic N) is 1. The molecule has 1 aromatic heterocycles. The van der Waals surface area contributed by atoms with Crippen molar-refractivity contribution in [3.8, 4) is 0 Å². The standard InChI is InChI=1S/C6H14O2.C3H3BN2.C2H6/c1-5(2,7)6(3,4)8;4-3-1-2-5-6-3;1-2/h7-8H,1-4H3;1-2H,(H,5,6);1-2H3. The van der Waals surface area contributed by atoms with Gasteiger partial charge in [-0.3, -0.25) is 5.10 Å². The predicted octanol–water partition coefficient (Wildman–Crippen LogP) is 0.758. The molecule has 5 heteroatoms. The first-order valence-electron chi connectivity index (χ1n) is 5.34. The van der Waals surface area contributed by atoms with Crippen molar-refractivity contribution in [2.24, 2.45) is 0 Å². The molecule has 0 fully saturated rings. The SMILES string of the molecule is CC.CC(C)(O)C(C)(C)O.[B]c1ccn[nH]1. The molecule has 0 unspecified atom stereocenters. The van der Waals surface area contributed by atoms with Gasteiger partial charge in [-0.05, 0) is 39.4 Å². The summed E-state index contributed by atoms with van der Waals surface area (Å²) >= 11 is 0. The van der Waals surface area contributed by atoms with E-state index >= 15 is 0 Å². The zero-order chi connectivity index (χ0) is 13.4. The lowest BCUT2D eigenvalue weighted by Gasteiger charge is -2.31.